The maximum atomic E-state index is 12.8. The number of benzene rings is 4. The van der Waals surface area contributed by atoms with Crippen molar-refractivity contribution in [1.29, 1.82) is 0 Å². The number of rotatable bonds is 14. The molecule has 4 heterocycles. The second kappa shape index (κ2) is 31.3. The van der Waals surface area contributed by atoms with E-state index in [0.29, 0.717) is 56.7 Å². The van der Waals surface area contributed by atoms with Crippen LogP contribution in [-0.4, -0.2) is 54.9 Å². The standard InChI is InChI=1S/C22H30N2O2.C21H28N2O3.C13H14INO.C13H16N2O/c1-3-16(2)24-14-13-18-19(11-8-12-20(18)22(24)26)21(25)23-15-17-9-6-4-5-7-10-17;1-15(14-24)23-12-11-17-18(9-6-10-19(17)21(23)26)20(25)22-13-16-7-4-2-3-5-8-16;2*1-3-9(2)15-8-7-10-11(13(15)16)5-4-6-12(10)14/h8,11-14,16-17H,3-7,9-10,15H2,1-2H3,(H,23,25);6,9-12,15-16,24H,2-5,7-8,13-14H2,1H3,(H,22,25);4-9H,3H2,1-2H3;4-9H,3,14H2,1-2H3/t16-;15-;2*9-/m1111/s1. The van der Waals surface area contributed by atoms with Crippen LogP contribution < -0.4 is 38.6 Å². The van der Waals surface area contributed by atoms with Gasteiger partial charge in [0.1, 0.15) is 0 Å². The van der Waals surface area contributed by atoms with Crippen LogP contribution in [-0.2, 0) is 0 Å². The zero-order valence-corrected chi connectivity index (χ0v) is 52.5. The Kier molecular flexibility index (Phi) is 24.1. The molecule has 4 atom stereocenters. The molecule has 4 aromatic carbocycles. The second-order valence-corrected chi connectivity index (χ2v) is 24.3. The van der Waals surface area contributed by atoms with E-state index in [1.54, 1.807) is 46.5 Å². The Morgan fingerprint density at radius 2 is 0.786 bits per heavy atom. The molecule has 2 saturated carbocycles. The Bertz CT molecular complexity index is 3510. The fourth-order valence-electron chi connectivity index (χ4n) is 11.4. The average molecular weight is 1250 g/mol. The van der Waals surface area contributed by atoms with E-state index in [2.05, 4.69) is 60.9 Å². The molecular formula is C69H88IN7O7. The normalized spacial score (nSPS) is 15.4. The number of carbonyl (C=O) groups excluding carboxylic acids is 2. The van der Waals surface area contributed by atoms with Gasteiger partial charge in [-0.3, -0.25) is 28.8 Å². The van der Waals surface area contributed by atoms with Crippen LogP contribution in [0.15, 0.2) is 141 Å². The number of hydrogen-bond donors (Lipinski definition) is 4. The van der Waals surface area contributed by atoms with Crippen molar-refractivity contribution in [3.05, 3.63) is 178 Å². The molecule has 5 N–H and O–H groups in total. The Balaban J connectivity index is 0.000000165. The van der Waals surface area contributed by atoms with Gasteiger partial charge in [-0.25, -0.2) is 0 Å². The summed E-state index contributed by atoms with van der Waals surface area (Å²) < 4.78 is 7.98. The van der Waals surface area contributed by atoms with Crippen molar-refractivity contribution in [3.8, 4) is 0 Å². The summed E-state index contributed by atoms with van der Waals surface area (Å²) in [7, 11) is 0. The Morgan fingerprint density at radius 3 is 1.17 bits per heavy atom. The van der Waals surface area contributed by atoms with Gasteiger partial charge in [0.05, 0.1) is 12.6 Å². The zero-order chi connectivity index (χ0) is 60.5. The largest absolute Gasteiger partial charge is 0.398 e. The number of aliphatic hydroxyl groups is 1. The molecule has 14 nitrogen and oxygen atoms in total. The predicted molar refractivity (Wildman–Crippen MR) is 354 cm³/mol. The number of fused-ring (bicyclic) bond motifs is 4. The molecule has 84 heavy (non-hydrogen) atoms. The zero-order valence-electron chi connectivity index (χ0n) is 50.4. The Hall–Kier alpha value is -6.85. The SMILES string of the molecule is CC[C@@H](C)n1ccc2c(C(=O)NCC3CCCCCC3)cccc2c1=O.CC[C@@H](C)n1ccc2c(I)cccc2c1=O.CC[C@@H](C)n1ccc2c(N)cccc2c1=O.C[C@H](CO)n1ccc2c(C(=O)NCC3CCCCCC3)cccc2c1=O. The van der Waals surface area contributed by atoms with E-state index in [4.69, 9.17) is 5.73 Å². The summed E-state index contributed by atoms with van der Waals surface area (Å²) in [5.41, 5.74) is 7.59. The van der Waals surface area contributed by atoms with Gasteiger partial charge in [0.25, 0.3) is 34.1 Å². The fourth-order valence-corrected chi connectivity index (χ4v) is 12.1. The highest BCUT2D eigenvalue weighted by atomic mass is 127. The molecule has 15 heteroatoms. The van der Waals surface area contributed by atoms with Crippen molar-refractivity contribution in [2.75, 3.05) is 25.4 Å². The fraction of sp³-hybridized carbons (Fsp3) is 0.449. The van der Waals surface area contributed by atoms with Crippen LogP contribution in [0, 0.1) is 15.4 Å². The molecule has 0 saturated heterocycles. The summed E-state index contributed by atoms with van der Waals surface area (Å²) in [4.78, 5) is 75.3. The number of nitrogens with zero attached hydrogens (tertiary/aromatic N) is 4. The van der Waals surface area contributed by atoms with Gasteiger partial charge in [-0.15, -0.1) is 0 Å². The van der Waals surface area contributed by atoms with Crippen LogP contribution in [0.3, 0.4) is 0 Å². The van der Waals surface area contributed by atoms with E-state index in [1.165, 1.54) is 81.6 Å². The van der Waals surface area contributed by atoms with E-state index in [-0.39, 0.29) is 64.8 Å². The highest BCUT2D eigenvalue weighted by molar-refractivity contribution is 14.1. The predicted octanol–water partition coefficient (Wildman–Crippen LogP) is 14.1. The van der Waals surface area contributed by atoms with E-state index in [1.807, 2.05) is 110 Å². The van der Waals surface area contributed by atoms with Gasteiger partial charge in [0.15, 0.2) is 0 Å². The molecule has 4 aromatic heterocycles. The van der Waals surface area contributed by atoms with Gasteiger partial charge in [-0.05, 0) is 180 Å². The topological polar surface area (TPSA) is 192 Å². The van der Waals surface area contributed by atoms with Crippen LogP contribution in [0.5, 0.6) is 0 Å². The summed E-state index contributed by atoms with van der Waals surface area (Å²) in [5, 5.41) is 21.4. The first-order chi connectivity index (χ1) is 40.5. The van der Waals surface area contributed by atoms with Gasteiger partial charge >= 0.3 is 0 Å². The monoisotopic (exact) mass is 1250 g/mol. The molecule has 10 rings (SSSR count). The number of hydrogen-bond acceptors (Lipinski definition) is 8. The second-order valence-electron chi connectivity index (χ2n) is 23.1. The number of carbonyl (C=O) groups is 2. The molecule has 2 amide bonds. The number of nitrogens with one attached hydrogen (secondary N) is 2. The summed E-state index contributed by atoms with van der Waals surface area (Å²) in [6.45, 7) is 15.5. The third kappa shape index (κ3) is 15.9. The molecule has 2 aliphatic rings. The maximum absolute atomic E-state index is 12.8. The minimum atomic E-state index is -0.292. The lowest BCUT2D eigenvalue weighted by atomic mass is 10.00. The van der Waals surface area contributed by atoms with E-state index in [0.717, 1.165) is 50.9 Å². The molecular weight excluding hydrogens is 1170 g/mol. The summed E-state index contributed by atoms with van der Waals surface area (Å²) in [6.07, 6.45) is 25.0. The van der Waals surface area contributed by atoms with E-state index in [9.17, 15) is 33.9 Å². The first-order valence-corrected chi connectivity index (χ1v) is 31.7. The van der Waals surface area contributed by atoms with E-state index < -0.39 is 0 Å². The number of nitrogen functional groups attached to an aromatic ring is 1. The van der Waals surface area contributed by atoms with E-state index >= 15 is 0 Å². The van der Waals surface area contributed by atoms with Crippen molar-refractivity contribution >= 4 is 83.2 Å². The number of amides is 2. The van der Waals surface area contributed by atoms with Crippen LogP contribution in [0.1, 0.15) is 190 Å². The summed E-state index contributed by atoms with van der Waals surface area (Å²) in [5.74, 6) is 0.950. The highest BCUT2D eigenvalue weighted by Crippen LogP contribution is 2.26. The molecule has 0 spiro atoms. The number of aliphatic hydroxyl groups excluding tert-OH is 1. The van der Waals surface area contributed by atoms with Crippen molar-refractivity contribution in [2.24, 2.45) is 11.8 Å². The molecule has 448 valence electrons. The van der Waals surface area contributed by atoms with Gasteiger partial charge in [-0.2, -0.15) is 0 Å². The van der Waals surface area contributed by atoms with Crippen LogP contribution >= 0.6 is 22.6 Å². The smallest absolute Gasteiger partial charge is 0.258 e. The van der Waals surface area contributed by atoms with Gasteiger partial charge in [0.2, 0.25) is 0 Å². The van der Waals surface area contributed by atoms with Crippen LogP contribution in [0.25, 0.3) is 43.1 Å². The highest BCUT2D eigenvalue weighted by Gasteiger charge is 2.20. The molecule has 0 radical (unpaired) electrons. The lowest BCUT2D eigenvalue weighted by molar-refractivity contribution is 0.0939. The minimum absolute atomic E-state index is 0.0183. The van der Waals surface area contributed by atoms with Gasteiger partial charge in [0, 0.05) is 119 Å². The lowest BCUT2D eigenvalue weighted by Crippen LogP contribution is -2.30. The Morgan fingerprint density at radius 1 is 0.464 bits per heavy atom. The molecule has 8 aromatic rings. The number of anilines is 1. The minimum Gasteiger partial charge on any atom is -0.398 e. The summed E-state index contributed by atoms with van der Waals surface area (Å²) in [6, 6.07) is 30.0. The number of aromatic nitrogens is 4. The van der Waals surface area contributed by atoms with Gasteiger partial charge in [-0.1, -0.05) is 96.4 Å². The van der Waals surface area contributed by atoms with Crippen molar-refractivity contribution in [1.82, 2.24) is 28.9 Å². The summed E-state index contributed by atoms with van der Waals surface area (Å²) >= 11 is 2.26. The third-order valence-corrected chi connectivity index (χ3v) is 18.3. The quantitative estimate of drug-likeness (QED) is 0.0469. The first kappa shape index (κ1) is 64.7. The van der Waals surface area contributed by atoms with Crippen molar-refractivity contribution < 1.29 is 14.7 Å². The van der Waals surface area contributed by atoms with Crippen LogP contribution in [0.2, 0.25) is 0 Å². The lowest BCUT2D eigenvalue weighted by Gasteiger charge is -2.16. The third-order valence-electron chi connectivity index (χ3n) is 17.3. The molecule has 2 aliphatic carbocycles. The van der Waals surface area contributed by atoms with Crippen molar-refractivity contribution in [3.63, 3.8) is 0 Å². The van der Waals surface area contributed by atoms with Crippen molar-refractivity contribution in [2.45, 2.75) is 169 Å². The number of nitrogens with two attached hydrogens (primary N) is 1. The van der Waals surface area contributed by atoms with Gasteiger partial charge < -0.3 is 39.7 Å². The van der Waals surface area contributed by atoms with Crippen LogP contribution in [0.4, 0.5) is 5.69 Å². The maximum Gasteiger partial charge on any atom is 0.258 e. The molecule has 0 bridgehead atoms. The number of halogens is 1. The average Bonchev–Trinajstić information content (AvgIpc) is 2.89. The molecule has 0 aliphatic heterocycles. The molecule has 0 unspecified atom stereocenters. The first-order valence-electron chi connectivity index (χ1n) is 30.7. The Labute approximate surface area is 508 Å². The number of pyridine rings is 4. The molecule has 2 fully saturated rings.